The van der Waals surface area contributed by atoms with Crippen LogP contribution in [0.4, 0.5) is 10.7 Å². The van der Waals surface area contributed by atoms with Gasteiger partial charge in [0.05, 0.1) is 5.00 Å². The molecule has 8 heteroatoms. The number of nitrogens with one attached hydrogen (secondary N) is 2. The predicted molar refractivity (Wildman–Crippen MR) is 108 cm³/mol. The fourth-order valence-electron chi connectivity index (χ4n) is 2.01. The first-order valence-corrected chi connectivity index (χ1v) is 9.40. The molecule has 0 bridgehead atoms. The van der Waals surface area contributed by atoms with Gasteiger partial charge in [-0.3, -0.25) is 9.59 Å². The molecule has 0 spiro atoms. The number of carbonyl (C=O) groups is 3. The highest BCUT2D eigenvalue weighted by atomic mass is 35.5. The van der Waals surface area contributed by atoms with Gasteiger partial charge in [-0.1, -0.05) is 38.4 Å². The van der Waals surface area contributed by atoms with Crippen molar-refractivity contribution in [2.24, 2.45) is 5.41 Å². The van der Waals surface area contributed by atoms with Gasteiger partial charge in [0.1, 0.15) is 4.88 Å². The van der Waals surface area contributed by atoms with Gasteiger partial charge in [-0.05, 0) is 36.8 Å². The Morgan fingerprint density at radius 1 is 1.15 bits per heavy atom. The van der Waals surface area contributed by atoms with Crippen LogP contribution in [0.5, 0.6) is 0 Å². The average molecular weight is 409 g/mol. The van der Waals surface area contributed by atoms with Crippen molar-refractivity contribution in [3.05, 3.63) is 45.8 Å². The van der Waals surface area contributed by atoms with Gasteiger partial charge in [0.25, 0.3) is 5.91 Å². The Balaban J connectivity index is 1.94. The van der Waals surface area contributed by atoms with Gasteiger partial charge in [0.15, 0.2) is 6.61 Å². The number of amides is 2. The predicted octanol–water partition coefficient (Wildman–Crippen LogP) is 4.49. The van der Waals surface area contributed by atoms with Crippen molar-refractivity contribution in [1.82, 2.24) is 0 Å². The smallest absolute Gasteiger partial charge is 0.349 e. The van der Waals surface area contributed by atoms with E-state index in [1.54, 1.807) is 58.0 Å². The maximum Gasteiger partial charge on any atom is 0.349 e. The molecule has 0 saturated heterocycles. The van der Waals surface area contributed by atoms with E-state index in [2.05, 4.69) is 10.6 Å². The molecule has 0 unspecified atom stereocenters. The Hall–Kier alpha value is -2.38. The van der Waals surface area contributed by atoms with Crippen LogP contribution in [-0.4, -0.2) is 24.4 Å². The Morgan fingerprint density at radius 2 is 1.85 bits per heavy atom. The topological polar surface area (TPSA) is 84.5 Å². The lowest BCUT2D eigenvalue weighted by Gasteiger charge is -2.16. The zero-order valence-electron chi connectivity index (χ0n) is 15.5. The molecule has 144 valence electrons. The van der Waals surface area contributed by atoms with E-state index in [1.165, 1.54) is 0 Å². The molecule has 0 aliphatic carbocycles. The average Bonchev–Trinajstić information content (AvgIpc) is 2.92. The minimum Gasteiger partial charge on any atom is -0.451 e. The zero-order valence-corrected chi connectivity index (χ0v) is 17.1. The van der Waals surface area contributed by atoms with E-state index >= 15 is 0 Å². The molecule has 1 aromatic carbocycles. The standard InChI is InChI=1S/C19H21ClN2O4S/c1-11-8-15(22-18(25)19(2,3)4)27-16(11)17(24)26-10-14(23)21-13-7-5-6-12(20)9-13/h5-9H,10H2,1-4H3,(H,21,23)(H,22,25). The molecule has 0 fully saturated rings. The molecule has 2 N–H and O–H groups in total. The van der Waals surface area contributed by atoms with E-state index in [-0.39, 0.29) is 5.91 Å². The van der Waals surface area contributed by atoms with Gasteiger partial charge in [-0.15, -0.1) is 11.3 Å². The van der Waals surface area contributed by atoms with Crippen molar-refractivity contribution in [2.75, 3.05) is 17.2 Å². The van der Waals surface area contributed by atoms with Gasteiger partial charge in [0.2, 0.25) is 5.91 Å². The highest BCUT2D eigenvalue weighted by molar-refractivity contribution is 7.18. The van der Waals surface area contributed by atoms with Crippen molar-refractivity contribution < 1.29 is 19.1 Å². The fourth-order valence-corrected chi connectivity index (χ4v) is 3.16. The molecule has 0 radical (unpaired) electrons. The van der Waals surface area contributed by atoms with E-state index in [1.807, 2.05) is 0 Å². The zero-order chi connectivity index (χ0) is 20.2. The molecule has 1 aromatic heterocycles. The van der Waals surface area contributed by atoms with Crippen LogP contribution in [0, 0.1) is 12.3 Å². The van der Waals surface area contributed by atoms with Gasteiger partial charge in [-0.2, -0.15) is 0 Å². The summed E-state index contributed by atoms with van der Waals surface area (Å²) in [4.78, 5) is 36.6. The molecule has 6 nitrogen and oxygen atoms in total. The first-order chi connectivity index (χ1) is 12.6. The molecule has 1 heterocycles. The number of rotatable bonds is 5. The van der Waals surface area contributed by atoms with Gasteiger partial charge >= 0.3 is 5.97 Å². The van der Waals surface area contributed by atoms with E-state index in [4.69, 9.17) is 16.3 Å². The number of hydrogen-bond acceptors (Lipinski definition) is 5. The first-order valence-electron chi connectivity index (χ1n) is 8.20. The fraction of sp³-hybridized carbons (Fsp3) is 0.316. The molecular weight excluding hydrogens is 388 g/mol. The normalized spacial score (nSPS) is 11.0. The van der Waals surface area contributed by atoms with Crippen molar-refractivity contribution >= 4 is 51.4 Å². The van der Waals surface area contributed by atoms with E-state index in [0.29, 0.717) is 26.2 Å². The number of benzene rings is 1. The summed E-state index contributed by atoms with van der Waals surface area (Å²) in [6, 6.07) is 8.37. The van der Waals surface area contributed by atoms with Gasteiger partial charge < -0.3 is 15.4 Å². The third-order valence-electron chi connectivity index (χ3n) is 3.46. The summed E-state index contributed by atoms with van der Waals surface area (Å²) < 4.78 is 5.07. The summed E-state index contributed by atoms with van der Waals surface area (Å²) in [5, 5.41) is 6.43. The Morgan fingerprint density at radius 3 is 2.48 bits per heavy atom. The molecule has 2 amide bonds. The monoisotopic (exact) mass is 408 g/mol. The van der Waals surface area contributed by atoms with E-state index < -0.39 is 23.9 Å². The van der Waals surface area contributed by atoms with Crippen LogP contribution in [0.15, 0.2) is 30.3 Å². The van der Waals surface area contributed by atoms with Crippen LogP contribution in [-0.2, 0) is 14.3 Å². The molecule has 0 atom stereocenters. The van der Waals surface area contributed by atoms with Crippen molar-refractivity contribution in [1.29, 1.82) is 0 Å². The lowest BCUT2D eigenvalue weighted by Crippen LogP contribution is -2.27. The Labute approximate surface area is 166 Å². The van der Waals surface area contributed by atoms with Crippen molar-refractivity contribution in [3.8, 4) is 0 Å². The molecule has 0 aliphatic heterocycles. The molecule has 0 saturated carbocycles. The molecule has 0 aliphatic rings. The maximum absolute atomic E-state index is 12.2. The summed E-state index contributed by atoms with van der Waals surface area (Å²) in [7, 11) is 0. The number of halogens is 1. The van der Waals surface area contributed by atoms with Gasteiger partial charge in [0, 0.05) is 16.1 Å². The number of thiophene rings is 1. The number of ether oxygens (including phenoxy) is 1. The molecular formula is C19H21ClN2O4S. The summed E-state index contributed by atoms with van der Waals surface area (Å²) in [5.41, 5.74) is 0.643. The summed E-state index contributed by atoms with van der Waals surface area (Å²) >= 11 is 6.97. The highest BCUT2D eigenvalue weighted by Gasteiger charge is 2.23. The SMILES string of the molecule is Cc1cc(NC(=O)C(C)(C)C)sc1C(=O)OCC(=O)Nc1cccc(Cl)c1. The second-order valence-electron chi connectivity index (χ2n) is 6.96. The highest BCUT2D eigenvalue weighted by Crippen LogP contribution is 2.29. The number of esters is 1. The molecule has 2 rings (SSSR count). The Kier molecular flexibility index (Phi) is 6.62. The lowest BCUT2D eigenvalue weighted by molar-refractivity contribution is -0.123. The summed E-state index contributed by atoms with van der Waals surface area (Å²) in [5.74, 6) is -1.24. The second-order valence-corrected chi connectivity index (χ2v) is 8.45. The Bertz CT molecular complexity index is 871. The van der Waals surface area contributed by atoms with Crippen LogP contribution in [0.2, 0.25) is 5.02 Å². The second kappa shape index (κ2) is 8.54. The number of carbonyl (C=O) groups excluding carboxylic acids is 3. The van der Waals surface area contributed by atoms with Crippen LogP contribution in [0.3, 0.4) is 0 Å². The number of anilines is 2. The van der Waals surface area contributed by atoms with Gasteiger partial charge in [-0.25, -0.2) is 4.79 Å². The van der Waals surface area contributed by atoms with Crippen LogP contribution >= 0.6 is 22.9 Å². The lowest BCUT2D eigenvalue weighted by atomic mass is 9.96. The largest absolute Gasteiger partial charge is 0.451 e. The molecule has 27 heavy (non-hydrogen) atoms. The van der Waals surface area contributed by atoms with E-state index in [9.17, 15) is 14.4 Å². The third-order valence-corrected chi connectivity index (χ3v) is 4.83. The quantitative estimate of drug-likeness (QED) is 0.714. The van der Waals surface area contributed by atoms with Crippen LogP contribution in [0.1, 0.15) is 36.0 Å². The molecule has 2 aromatic rings. The minimum atomic E-state index is -0.616. The van der Waals surface area contributed by atoms with E-state index in [0.717, 1.165) is 11.3 Å². The van der Waals surface area contributed by atoms with Crippen molar-refractivity contribution in [3.63, 3.8) is 0 Å². The number of hydrogen-bond donors (Lipinski definition) is 2. The minimum absolute atomic E-state index is 0.149. The van der Waals surface area contributed by atoms with Crippen LogP contribution < -0.4 is 10.6 Å². The summed E-state index contributed by atoms with van der Waals surface area (Å²) in [6.45, 7) is 6.72. The maximum atomic E-state index is 12.2. The first kappa shape index (κ1) is 20.9. The number of aryl methyl sites for hydroxylation is 1. The third kappa shape index (κ3) is 6.08. The van der Waals surface area contributed by atoms with Crippen LogP contribution in [0.25, 0.3) is 0 Å². The summed E-state index contributed by atoms with van der Waals surface area (Å²) in [6.07, 6.45) is 0. The van der Waals surface area contributed by atoms with Crippen molar-refractivity contribution in [2.45, 2.75) is 27.7 Å².